The number of hydrogen-bond donors (Lipinski definition) is 1. The van der Waals surface area contributed by atoms with Crippen molar-refractivity contribution >= 4 is 11.6 Å². The van der Waals surface area contributed by atoms with Crippen molar-refractivity contribution in [1.29, 1.82) is 0 Å². The molecule has 3 heterocycles. The Hall–Kier alpha value is -3.12. The number of amides is 1. The van der Waals surface area contributed by atoms with Crippen molar-refractivity contribution in [2.45, 2.75) is 33.7 Å². The first-order chi connectivity index (χ1) is 15.6. The molecule has 0 unspecified atom stereocenters. The van der Waals surface area contributed by atoms with Crippen LogP contribution in [-0.2, 0) is 17.7 Å². The molecule has 6 nitrogen and oxygen atoms in total. The van der Waals surface area contributed by atoms with Crippen LogP contribution in [0.15, 0.2) is 48.7 Å². The minimum Gasteiger partial charge on any atom is -0.378 e. The number of carbonyl (C=O) groups is 1. The van der Waals surface area contributed by atoms with Gasteiger partial charge in [-0.1, -0.05) is 30.3 Å². The van der Waals surface area contributed by atoms with Crippen LogP contribution in [-0.4, -0.2) is 48.3 Å². The maximum atomic E-state index is 13.4. The van der Waals surface area contributed by atoms with E-state index in [1.807, 2.05) is 18.2 Å². The van der Waals surface area contributed by atoms with Gasteiger partial charge in [0, 0.05) is 55.7 Å². The molecule has 2 aromatic heterocycles. The minimum absolute atomic E-state index is 0.0328. The van der Waals surface area contributed by atoms with E-state index in [1.54, 1.807) is 6.20 Å². The van der Waals surface area contributed by atoms with Crippen LogP contribution in [0.4, 0.5) is 5.69 Å². The van der Waals surface area contributed by atoms with Gasteiger partial charge >= 0.3 is 0 Å². The molecule has 0 atom stereocenters. The van der Waals surface area contributed by atoms with E-state index in [-0.39, 0.29) is 5.91 Å². The molecule has 1 N–H and O–H groups in total. The summed E-state index contributed by atoms with van der Waals surface area (Å²) in [6.07, 6.45) is 2.49. The number of hydrogen-bond acceptors (Lipinski definition) is 4. The quantitative estimate of drug-likeness (QED) is 0.619. The van der Waals surface area contributed by atoms with Crippen LogP contribution in [0.5, 0.6) is 0 Å². The molecule has 3 aromatic rings. The number of carbonyl (C=O) groups excluding carboxylic acids is 1. The van der Waals surface area contributed by atoms with Gasteiger partial charge in [0.2, 0.25) is 0 Å². The van der Waals surface area contributed by atoms with Crippen LogP contribution in [0, 0.1) is 20.8 Å². The maximum absolute atomic E-state index is 13.4. The molecular formula is C26H32N4O2. The van der Waals surface area contributed by atoms with Crippen molar-refractivity contribution in [2.24, 2.45) is 0 Å². The molecule has 168 valence electrons. The number of aromatic nitrogens is 2. The second-order valence-electron chi connectivity index (χ2n) is 8.35. The molecule has 1 aliphatic rings. The summed E-state index contributed by atoms with van der Waals surface area (Å²) in [4.78, 5) is 20.1. The van der Waals surface area contributed by atoms with Gasteiger partial charge in [-0.05, 0) is 44.0 Å². The predicted molar refractivity (Wildman–Crippen MR) is 127 cm³/mol. The first-order valence-electron chi connectivity index (χ1n) is 11.3. The Labute approximate surface area is 190 Å². The van der Waals surface area contributed by atoms with E-state index in [9.17, 15) is 4.79 Å². The van der Waals surface area contributed by atoms with Gasteiger partial charge in [0.25, 0.3) is 5.91 Å². The second-order valence-corrected chi connectivity index (χ2v) is 8.35. The van der Waals surface area contributed by atoms with Crippen molar-refractivity contribution in [3.05, 3.63) is 82.4 Å². The molecule has 0 aliphatic carbocycles. The topological polar surface area (TPSA) is 59.4 Å². The fourth-order valence-electron chi connectivity index (χ4n) is 4.52. The number of pyridine rings is 1. The van der Waals surface area contributed by atoms with Gasteiger partial charge in [-0.2, -0.15) is 0 Å². The molecule has 0 bridgehead atoms. The lowest BCUT2D eigenvalue weighted by Crippen LogP contribution is -2.36. The molecule has 1 aliphatic heterocycles. The van der Waals surface area contributed by atoms with Gasteiger partial charge in [-0.25, -0.2) is 0 Å². The molecule has 6 heteroatoms. The largest absolute Gasteiger partial charge is 0.378 e. The van der Waals surface area contributed by atoms with E-state index in [4.69, 9.17) is 4.74 Å². The third-order valence-electron chi connectivity index (χ3n) is 6.25. The fraction of sp³-hybridized carbons (Fsp3) is 0.385. The van der Waals surface area contributed by atoms with E-state index >= 15 is 0 Å². The summed E-state index contributed by atoms with van der Waals surface area (Å²) >= 11 is 0. The van der Waals surface area contributed by atoms with Crippen LogP contribution in [0.25, 0.3) is 0 Å². The summed E-state index contributed by atoms with van der Waals surface area (Å²) in [5, 5.41) is 3.13. The average molecular weight is 433 g/mol. The Morgan fingerprint density at radius 1 is 1.06 bits per heavy atom. The highest BCUT2D eigenvalue weighted by Gasteiger charge is 2.27. The summed E-state index contributed by atoms with van der Waals surface area (Å²) in [5.41, 5.74) is 7.50. The van der Waals surface area contributed by atoms with Gasteiger partial charge < -0.3 is 19.5 Å². The summed E-state index contributed by atoms with van der Waals surface area (Å²) in [6, 6.07) is 14.2. The van der Waals surface area contributed by atoms with E-state index < -0.39 is 0 Å². The van der Waals surface area contributed by atoms with Gasteiger partial charge in [-0.15, -0.1) is 0 Å². The molecule has 0 spiro atoms. The van der Waals surface area contributed by atoms with Crippen LogP contribution >= 0.6 is 0 Å². The van der Waals surface area contributed by atoms with Crippen LogP contribution in [0.1, 0.15) is 38.6 Å². The van der Waals surface area contributed by atoms with Gasteiger partial charge in [-0.3, -0.25) is 9.78 Å². The van der Waals surface area contributed by atoms with Crippen molar-refractivity contribution in [1.82, 2.24) is 14.9 Å². The first kappa shape index (κ1) is 22.1. The maximum Gasteiger partial charge on any atom is 0.268 e. The lowest BCUT2D eigenvalue weighted by molar-refractivity contribution is 0.0944. The molecule has 1 saturated heterocycles. The number of aryl methyl sites for hydroxylation is 1. The zero-order valence-corrected chi connectivity index (χ0v) is 19.2. The molecular weight excluding hydrogens is 400 g/mol. The number of morpholine rings is 1. The van der Waals surface area contributed by atoms with E-state index in [1.165, 1.54) is 11.1 Å². The summed E-state index contributed by atoms with van der Waals surface area (Å²) in [6.45, 7) is 10.7. The highest BCUT2D eigenvalue weighted by Crippen LogP contribution is 2.32. The Morgan fingerprint density at radius 3 is 2.53 bits per heavy atom. The zero-order chi connectivity index (χ0) is 22.5. The number of ether oxygens (including phenoxy) is 1. The van der Waals surface area contributed by atoms with Crippen LogP contribution in [0.3, 0.4) is 0 Å². The lowest BCUT2D eigenvalue weighted by Gasteiger charge is -2.29. The highest BCUT2D eigenvalue weighted by molar-refractivity contribution is 5.96. The van der Waals surface area contributed by atoms with Crippen molar-refractivity contribution in [3.8, 4) is 0 Å². The Morgan fingerprint density at radius 2 is 1.81 bits per heavy atom. The number of nitrogens with one attached hydrogen (secondary N) is 1. The number of benzene rings is 1. The molecule has 0 radical (unpaired) electrons. The number of rotatable bonds is 7. The zero-order valence-electron chi connectivity index (χ0n) is 19.2. The standard InChI is InChI=1S/C26H32N4O2/c1-19-8-4-5-9-22(19)18-30-21(3)24(29-14-16-32-17-15-29)20(2)25(30)26(31)28-13-11-23-10-6-7-12-27-23/h4-10,12H,11,13-18H2,1-3H3,(H,28,31). The summed E-state index contributed by atoms with van der Waals surface area (Å²) in [7, 11) is 0. The van der Waals surface area contributed by atoms with Gasteiger partial charge in [0.1, 0.15) is 5.69 Å². The van der Waals surface area contributed by atoms with Gasteiger partial charge in [0.15, 0.2) is 0 Å². The Balaban J connectivity index is 1.63. The minimum atomic E-state index is -0.0328. The van der Waals surface area contributed by atoms with Crippen molar-refractivity contribution in [2.75, 3.05) is 37.7 Å². The van der Waals surface area contributed by atoms with Crippen molar-refractivity contribution in [3.63, 3.8) is 0 Å². The van der Waals surface area contributed by atoms with Gasteiger partial charge in [0.05, 0.1) is 18.9 Å². The Bertz CT molecular complexity index is 1070. The third-order valence-corrected chi connectivity index (χ3v) is 6.25. The smallest absolute Gasteiger partial charge is 0.268 e. The van der Waals surface area contributed by atoms with E-state index in [2.05, 4.69) is 64.8 Å². The lowest BCUT2D eigenvalue weighted by atomic mass is 10.1. The second kappa shape index (κ2) is 10.0. The SMILES string of the molecule is Cc1ccccc1Cn1c(C)c(N2CCOCC2)c(C)c1C(=O)NCCc1ccccn1. The molecule has 0 saturated carbocycles. The van der Waals surface area contributed by atoms with E-state index in [0.717, 1.165) is 41.4 Å². The molecule has 1 aromatic carbocycles. The molecule has 4 rings (SSSR count). The number of nitrogens with zero attached hydrogens (tertiary/aromatic N) is 3. The summed E-state index contributed by atoms with van der Waals surface area (Å²) in [5.74, 6) is -0.0328. The molecule has 1 fully saturated rings. The fourth-order valence-corrected chi connectivity index (χ4v) is 4.52. The third kappa shape index (κ3) is 4.70. The van der Waals surface area contributed by atoms with E-state index in [0.29, 0.717) is 32.7 Å². The highest BCUT2D eigenvalue weighted by atomic mass is 16.5. The van der Waals surface area contributed by atoms with Crippen molar-refractivity contribution < 1.29 is 9.53 Å². The first-order valence-corrected chi connectivity index (χ1v) is 11.3. The average Bonchev–Trinajstić information content (AvgIpc) is 3.06. The summed E-state index contributed by atoms with van der Waals surface area (Å²) < 4.78 is 7.74. The predicted octanol–water partition coefficient (Wildman–Crippen LogP) is 3.67. The monoisotopic (exact) mass is 432 g/mol. The normalized spacial score (nSPS) is 13.9. The molecule has 1 amide bonds. The van der Waals surface area contributed by atoms with Crippen LogP contribution in [0.2, 0.25) is 0 Å². The molecule has 32 heavy (non-hydrogen) atoms. The number of anilines is 1. The Kier molecular flexibility index (Phi) is 6.90. The van der Waals surface area contributed by atoms with Crippen LogP contribution < -0.4 is 10.2 Å².